The Hall–Kier alpha value is -1.74. The molecular formula is C10H7BrFN3O3S. The zero-order valence-corrected chi connectivity index (χ0v) is 11.6. The average Bonchev–Trinajstić information content (AvgIpc) is 2.35. The van der Waals surface area contributed by atoms with Gasteiger partial charge in [0.25, 0.3) is 15.6 Å². The quantitative estimate of drug-likeness (QED) is 0.879. The van der Waals surface area contributed by atoms with Gasteiger partial charge in [0.15, 0.2) is 5.82 Å². The number of anilines is 1. The van der Waals surface area contributed by atoms with E-state index in [1.807, 2.05) is 0 Å². The number of aromatic amines is 1. The summed E-state index contributed by atoms with van der Waals surface area (Å²) >= 11 is 2.93. The lowest BCUT2D eigenvalue weighted by atomic mass is 10.3. The van der Waals surface area contributed by atoms with Crippen LogP contribution in [0.5, 0.6) is 0 Å². The summed E-state index contributed by atoms with van der Waals surface area (Å²) in [4.78, 5) is 10.5. The summed E-state index contributed by atoms with van der Waals surface area (Å²) in [5, 5.41) is 5.58. The molecule has 0 aliphatic rings. The van der Waals surface area contributed by atoms with E-state index in [-0.39, 0.29) is 15.2 Å². The van der Waals surface area contributed by atoms with Gasteiger partial charge in [-0.2, -0.15) is 5.10 Å². The first kappa shape index (κ1) is 13.7. The molecule has 1 aromatic heterocycles. The van der Waals surface area contributed by atoms with Gasteiger partial charge in [-0.05, 0) is 40.2 Å². The number of halogens is 2. The monoisotopic (exact) mass is 347 g/mol. The molecule has 0 saturated carbocycles. The van der Waals surface area contributed by atoms with Crippen LogP contribution in [0, 0.1) is 5.82 Å². The molecule has 0 amide bonds. The third-order valence-corrected chi connectivity index (χ3v) is 4.11. The summed E-state index contributed by atoms with van der Waals surface area (Å²) in [6.45, 7) is 0. The maximum absolute atomic E-state index is 13.3. The van der Waals surface area contributed by atoms with Crippen LogP contribution in [0.3, 0.4) is 0 Å². The van der Waals surface area contributed by atoms with Crippen molar-refractivity contribution >= 4 is 31.8 Å². The Labute approximate surface area is 115 Å². The zero-order valence-electron chi connectivity index (χ0n) is 9.22. The molecule has 0 fully saturated rings. The van der Waals surface area contributed by atoms with Crippen LogP contribution in [0.25, 0.3) is 0 Å². The fraction of sp³-hybridized carbons (Fsp3) is 0. The van der Waals surface area contributed by atoms with Gasteiger partial charge in [-0.3, -0.25) is 9.52 Å². The summed E-state index contributed by atoms with van der Waals surface area (Å²) in [5.74, 6) is -0.764. The number of hydrogen-bond donors (Lipinski definition) is 2. The number of rotatable bonds is 3. The van der Waals surface area contributed by atoms with Crippen LogP contribution in [-0.2, 0) is 10.0 Å². The Bertz CT molecular complexity index is 755. The highest BCUT2D eigenvalue weighted by atomic mass is 79.9. The van der Waals surface area contributed by atoms with Crippen molar-refractivity contribution in [1.82, 2.24) is 10.2 Å². The van der Waals surface area contributed by atoms with Crippen molar-refractivity contribution in [3.63, 3.8) is 0 Å². The van der Waals surface area contributed by atoms with Crippen LogP contribution >= 0.6 is 15.9 Å². The summed E-state index contributed by atoms with van der Waals surface area (Å²) in [7, 11) is -3.96. The molecule has 100 valence electrons. The Morgan fingerprint density at radius 1 is 1.26 bits per heavy atom. The minimum atomic E-state index is -3.96. The van der Waals surface area contributed by atoms with Crippen LogP contribution in [0.2, 0.25) is 0 Å². The van der Waals surface area contributed by atoms with Crippen LogP contribution in [-0.4, -0.2) is 18.6 Å². The first-order valence-corrected chi connectivity index (χ1v) is 7.20. The van der Waals surface area contributed by atoms with E-state index in [0.29, 0.717) is 0 Å². The molecule has 1 heterocycles. The molecule has 6 nitrogen and oxygen atoms in total. The standard InChI is InChI=1S/C10H7BrFN3O3S/c11-7-2-1-6(5-8(7)12)19(17,18)15-9-3-4-10(16)14-13-9/h1-5H,(H,13,15)(H,14,16). The van der Waals surface area contributed by atoms with E-state index in [1.54, 1.807) is 0 Å². The predicted molar refractivity (Wildman–Crippen MR) is 69.8 cm³/mol. The van der Waals surface area contributed by atoms with Gasteiger partial charge in [0.1, 0.15) is 5.82 Å². The number of H-pyrrole nitrogens is 1. The summed E-state index contributed by atoms with van der Waals surface area (Å²) in [6, 6.07) is 5.71. The largest absolute Gasteiger partial charge is 0.268 e. The van der Waals surface area contributed by atoms with Gasteiger partial charge in [0.2, 0.25) is 0 Å². The normalized spacial score (nSPS) is 11.3. The number of nitrogens with one attached hydrogen (secondary N) is 2. The van der Waals surface area contributed by atoms with Crippen molar-refractivity contribution in [1.29, 1.82) is 0 Å². The molecule has 0 radical (unpaired) electrons. The molecule has 0 atom stereocenters. The lowest BCUT2D eigenvalue weighted by molar-refractivity contribution is 0.593. The van der Waals surface area contributed by atoms with Crippen LogP contribution in [0.1, 0.15) is 0 Å². The first-order valence-electron chi connectivity index (χ1n) is 4.92. The minimum Gasteiger partial charge on any atom is -0.268 e. The zero-order chi connectivity index (χ0) is 14.0. The molecule has 0 saturated heterocycles. The molecule has 0 spiro atoms. The van der Waals surface area contributed by atoms with Crippen molar-refractivity contribution in [3.05, 3.63) is 51.0 Å². The lowest BCUT2D eigenvalue weighted by Crippen LogP contribution is -2.16. The van der Waals surface area contributed by atoms with Crippen LogP contribution in [0.4, 0.5) is 10.2 Å². The molecule has 19 heavy (non-hydrogen) atoms. The van der Waals surface area contributed by atoms with Crippen molar-refractivity contribution < 1.29 is 12.8 Å². The fourth-order valence-electron chi connectivity index (χ4n) is 1.24. The van der Waals surface area contributed by atoms with E-state index in [0.717, 1.165) is 12.1 Å². The van der Waals surface area contributed by atoms with Crippen molar-refractivity contribution in [2.24, 2.45) is 0 Å². The fourth-order valence-corrected chi connectivity index (χ4v) is 2.50. The SMILES string of the molecule is O=c1ccc(NS(=O)(=O)c2ccc(Br)c(F)c2)n[nH]1. The van der Waals surface area contributed by atoms with Gasteiger partial charge in [-0.25, -0.2) is 17.9 Å². The highest BCUT2D eigenvalue weighted by Crippen LogP contribution is 2.20. The molecule has 0 bridgehead atoms. The lowest BCUT2D eigenvalue weighted by Gasteiger charge is -2.07. The highest BCUT2D eigenvalue weighted by Gasteiger charge is 2.16. The number of sulfonamides is 1. The van der Waals surface area contributed by atoms with Gasteiger partial charge >= 0.3 is 0 Å². The van der Waals surface area contributed by atoms with Crippen molar-refractivity contribution in [2.45, 2.75) is 4.90 Å². The summed E-state index contributed by atoms with van der Waals surface area (Å²) < 4.78 is 39.4. The highest BCUT2D eigenvalue weighted by molar-refractivity contribution is 9.10. The number of nitrogens with zero attached hydrogens (tertiary/aromatic N) is 1. The Morgan fingerprint density at radius 2 is 2.00 bits per heavy atom. The van der Waals surface area contributed by atoms with Gasteiger partial charge in [0, 0.05) is 6.07 Å². The maximum Gasteiger partial charge on any atom is 0.264 e. The Kier molecular flexibility index (Phi) is 3.67. The third kappa shape index (κ3) is 3.18. The van der Waals surface area contributed by atoms with Crippen molar-refractivity contribution in [3.8, 4) is 0 Å². The molecular weight excluding hydrogens is 341 g/mol. The van der Waals surface area contributed by atoms with Gasteiger partial charge in [-0.15, -0.1) is 0 Å². The molecule has 9 heteroatoms. The van der Waals surface area contributed by atoms with Gasteiger partial charge in [0.05, 0.1) is 9.37 Å². The topological polar surface area (TPSA) is 91.9 Å². The second-order valence-electron chi connectivity index (χ2n) is 3.49. The Balaban J connectivity index is 2.34. The number of aromatic nitrogens is 2. The maximum atomic E-state index is 13.3. The number of benzene rings is 1. The molecule has 2 N–H and O–H groups in total. The summed E-state index contributed by atoms with van der Waals surface area (Å²) in [6.07, 6.45) is 0. The molecule has 2 rings (SSSR count). The van der Waals surface area contributed by atoms with E-state index < -0.39 is 21.4 Å². The smallest absolute Gasteiger partial charge is 0.264 e. The molecule has 1 aromatic carbocycles. The van der Waals surface area contributed by atoms with E-state index in [9.17, 15) is 17.6 Å². The van der Waals surface area contributed by atoms with Gasteiger partial charge < -0.3 is 0 Å². The minimum absolute atomic E-state index is 0.0667. The van der Waals surface area contributed by atoms with Gasteiger partial charge in [-0.1, -0.05) is 0 Å². The third-order valence-electron chi connectivity index (χ3n) is 2.12. The molecule has 0 aliphatic carbocycles. The van der Waals surface area contributed by atoms with Crippen molar-refractivity contribution in [2.75, 3.05) is 4.72 Å². The first-order chi connectivity index (χ1) is 8.88. The summed E-state index contributed by atoms with van der Waals surface area (Å²) in [5.41, 5.74) is -0.461. The predicted octanol–water partition coefficient (Wildman–Crippen LogP) is 1.47. The molecule has 2 aromatic rings. The second-order valence-corrected chi connectivity index (χ2v) is 6.02. The molecule has 0 aliphatic heterocycles. The van der Waals surface area contributed by atoms with E-state index in [1.165, 1.54) is 18.2 Å². The van der Waals surface area contributed by atoms with Crippen LogP contribution < -0.4 is 10.3 Å². The molecule has 0 unspecified atom stereocenters. The second kappa shape index (κ2) is 5.10. The van der Waals surface area contributed by atoms with E-state index in [2.05, 4.69) is 30.8 Å². The average molecular weight is 348 g/mol. The Morgan fingerprint density at radius 3 is 2.58 bits per heavy atom. The van der Waals surface area contributed by atoms with E-state index in [4.69, 9.17) is 0 Å². The van der Waals surface area contributed by atoms with E-state index >= 15 is 0 Å². The van der Waals surface area contributed by atoms with Crippen LogP contribution in [0.15, 0.2) is 44.5 Å². The number of hydrogen-bond acceptors (Lipinski definition) is 4.